The summed E-state index contributed by atoms with van der Waals surface area (Å²) in [6, 6.07) is 22.6. The maximum absolute atomic E-state index is 12.4. The second kappa shape index (κ2) is 8.51. The molecular weight excluding hydrogens is 398 g/mol. The fraction of sp³-hybridized carbons (Fsp3) is 0.130. The average Bonchev–Trinajstić information content (AvgIpc) is 3.10. The Morgan fingerprint density at radius 2 is 1.57 bits per heavy atom. The molecule has 1 amide bonds. The molecular formula is C23H19N3O3S. The third kappa shape index (κ3) is 3.97. The summed E-state index contributed by atoms with van der Waals surface area (Å²) in [5.41, 5.74) is 8.79. The second-order valence-corrected chi connectivity index (χ2v) is 8.00. The quantitative estimate of drug-likeness (QED) is 0.350. The van der Waals surface area contributed by atoms with Crippen LogP contribution >= 0.6 is 11.8 Å². The molecule has 30 heavy (non-hydrogen) atoms. The Bertz CT molecular complexity index is 1100. The fourth-order valence-electron chi connectivity index (χ4n) is 3.52. The topological polar surface area (TPSA) is 84.6 Å². The maximum atomic E-state index is 12.4. The molecule has 0 bridgehead atoms. The van der Waals surface area contributed by atoms with Gasteiger partial charge in [-0.2, -0.15) is 5.10 Å². The summed E-state index contributed by atoms with van der Waals surface area (Å²) in [7, 11) is 0. The summed E-state index contributed by atoms with van der Waals surface area (Å²) in [5.74, 6) is 0.0767. The van der Waals surface area contributed by atoms with Gasteiger partial charge in [0.2, 0.25) is 5.91 Å². The lowest BCUT2D eigenvalue weighted by atomic mass is 10.1. The number of hydrogen-bond acceptors (Lipinski definition) is 5. The van der Waals surface area contributed by atoms with Gasteiger partial charge in [0.25, 0.3) is 5.69 Å². The van der Waals surface area contributed by atoms with Crippen LogP contribution < -0.4 is 5.43 Å². The molecule has 4 rings (SSSR count). The van der Waals surface area contributed by atoms with Crippen molar-refractivity contribution in [2.45, 2.75) is 12.2 Å². The molecule has 0 aromatic heterocycles. The van der Waals surface area contributed by atoms with E-state index in [0.717, 1.165) is 0 Å². The number of non-ortho nitro benzene ring substituents is 1. The molecule has 0 radical (unpaired) electrons. The zero-order valence-electron chi connectivity index (χ0n) is 16.2. The number of carbonyl (C=O) groups excluding carboxylic acids is 1. The van der Waals surface area contributed by atoms with Gasteiger partial charge in [0, 0.05) is 12.1 Å². The minimum atomic E-state index is -0.450. The minimum absolute atomic E-state index is 0.0177. The highest BCUT2D eigenvalue weighted by Crippen LogP contribution is 2.49. The van der Waals surface area contributed by atoms with Crippen LogP contribution in [0.2, 0.25) is 0 Å². The van der Waals surface area contributed by atoms with Gasteiger partial charge in [0.1, 0.15) is 0 Å². The fourth-order valence-corrected chi connectivity index (χ4v) is 4.67. The van der Waals surface area contributed by atoms with E-state index in [-0.39, 0.29) is 22.6 Å². The highest BCUT2D eigenvalue weighted by atomic mass is 32.2. The van der Waals surface area contributed by atoms with Gasteiger partial charge >= 0.3 is 0 Å². The molecule has 0 saturated carbocycles. The van der Waals surface area contributed by atoms with Gasteiger partial charge in [-0.05, 0) is 46.9 Å². The minimum Gasteiger partial charge on any atom is -0.272 e. The Labute approximate surface area is 178 Å². The lowest BCUT2D eigenvalue weighted by molar-refractivity contribution is -0.384. The van der Waals surface area contributed by atoms with E-state index in [0.29, 0.717) is 11.3 Å². The monoisotopic (exact) mass is 417 g/mol. The van der Waals surface area contributed by atoms with Crippen molar-refractivity contribution in [3.8, 4) is 11.1 Å². The van der Waals surface area contributed by atoms with E-state index in [1.54, 1.807) is 30.8 Å². The number of nitro benzene ring substituents is 1. The number of rotatable bonds is 6. The van der Waals surface area contributed by atoms with Gasteiger partial charge in [-0.3, -0.25) is 14.9 Å². The number of hydrogen-bond donors (Lipinski definition) is 1. The second-order valence-electron chi connectivity index (χ2n) is 6.90. The summed E-state index contributed by atoms with van der Waals surface area (Å²) < 4.78 is 0. The van der Waals surface area contributed by atoms with Crippen LogP contribution in [0.5, 0.6) is 0 Å². The van der Waals surface area contributed by atoms with Crippen molar-refractivity contribution in [1.29, 1.82) is 0 Å². The number of benzene rings is 3. The smallest absolute Gasteiger partial charge is 0.269 e. The number of nitrogens with one attached hydrogen (secondary N) is 1. The van der Waals surface area contributed by atoms with E-state index < -0.39 is 4.92 Å². The number of hydrazone groups is 1. The molecule has 1 N–H and O–H groups in total. The number of thioether (sulfide) groups is 1. The first-order valence-electron chi connectivity index (χ1n) is 9.42. The molecule has 0 unspecified atom stereocenters. The van der Waals surface area contributed by atoms with Crippen molar-refractivity contribution in [3.63, 3.8) is 0 Å². The van der Waals surface area contributed by atoms with Crippen LogP contribution in [0.25, 0.3) is 11.1 Å². The van der Waals surface area contributed by atoms with E-state index >= 15 is 0 Å². The Balaban J connectivity index is 1.40. The van der Waals surface area contributed by atoms with Gasteiger partial charge in [-0.15, -0.1) is 11.8 Å². The molecule has 150 valence electrons. The van der Waals surface area contributed by atoms with Gasteiger partial charge in [0.15, 0.2) is 0 Å². The third-order valence-electron chi connectivity index (χ3n) is 5.00. The van der Waals surface area contributed by atoms with Gasteiger partial charge in [-0.1, -0.05) is 48.5 Å². The largest absolute Gasteiger partial charge is 0.272 e. The Morgan fingerprint density at radius 3 is 2.13 bits per heavy atom. The van der Waals surface area contributed by atoms with Crippen molar-refractivity contribution in [1.82, 2.24) is 5.43 Å². The van der Waals surface area contributed by atoms with E-state index in [1.807, 2.05) is 24.3 Å². The molecule has 3 aromatic rings. The van der Waals surface area contributed by atoms with E-state index in [2.05, 4.69) is 34.8 Å². The van der Waals surface area contributed by atoms with Gasteiger partial charge < -0.3 is 0 Å². The zero-order valence-corrected chi connectivity index (χ0v) is 17.1. The van der Waals surface area contributed by atoms with Crippen molar-refractivity contribution in [2.75, 3.05) is 5.75 Å². The number of nitrogens with zero attached hydrogens (tertiary/aromatic N) is 2. The molecule has 3 aromatic carbocycles. The molecule has 7 heteroatoms. The molecule has 0 spiro atoms. The standard InChI is InChI=1S/C23H19N3O3S/c1-15(16-10-12-17(13-11-16)26(28)29)24-25-22(27)14-30-23-20-8-4-2-6-18(20)19-7-3-5-9-21(19)23/h2-13,23H,14H2,1H3,(H,25,27)/b24-15-. The number of amides is 1. The highest BCUT2D eigenvalue weighted by Gasteiger charge is 2.28. The summed E-state index contributed by atoms with van der Waals surface area (Å²) in [4.78, 5) is 22.7. The zero-order chi connectivity index (χ0) is 21.1. The van der Waals surface area contributed by atoms with Gasteiger partial charge in [-0.25, -0.2) is 5.43 Å². The predicted molar refractivity (Wildman–Crippen MR) is 120 cm³/mol. The van der Waals surface area contributed by atoms with Crippen molar-refractivity contribution >= 4 is 29.1 Å². The predicted octanol–water partition coefficient (Wildman–Crippen LogP) is 4.94. The molecule has 0 atom stereocenters. The normalized spacial score (nSPS) is 12.9. The average molecular weight is 417 g/mol. The van der Waals surface area contributed by atoms with Crippen molar-refractivity contribution in [2.24, 2.45) is 5.10 Å². The first-order valence-corrected chi connectivity index (χ1v) is 10.5. The number of nitro groups is 1. The first-order chi connectivity index (χ1) is 14.5. The van der Waals surface area contributed by atoms with Crippen LogP contribution in [0.3, 0.4) is 0 Å². The molecule has 0 aliphatic heterocycles. The molecule has 0 saturated heterocycles. The first kappa shape index (κ1) is 19.8. The summed E-state index contributed by atoms with van der Waals surface area (Å²) in [6.07, 6.45) is 0. The van der Waals surface area contributed by atoms with Gasteiger partial charge in [0.05, 0.1) is 21.6 Å². The van der Waals surface area contributed by atoms with Crippen LogP contribution in [-0.2, 0) is 4.79 Å². The SMILES string of the molecule is C/C(=N/NC(=O)CSC1c2ccccc2-c2ccccc21)c1ccc([N+](=O)[O-])cc1. The van der Waals surface area contributed by atoms with Crippen LogP contribution in [-0.4, -0.2) is 22.3 Å². The Hall–Kier alpha value is -3.45. The molecule has 6 nitrogen and oxygen atoms in total. The van der Waals surface area contributed by atoms with Crippen molar-refractivity contribution < 1.29 is 9.72 Å². The lowest BCUT2D eigenvalue weighted by Crippen LogP contribution is -2.21. The van der Waals surface area contributed by atoms with Crippen LogP contribution in [0.4, 0.5) is 5.69 Å². The summed E-state index contributed by atoms with van der Waals surface area (Å²) >= 11 is 1.57. The van der Waals surface area contributed by atoms with E-state index in [1.165, 1.54) is 34.4 Å². The molecule has 0 fully saturated rings. The van der Waals surface area contributed by atoms with E-state index in [9.17, 15) is 14.9 Å². The lowest BCUT2D eigenvalue weighted by Gasteiger charge is -2.12. The molecule has 1 aliphatic rings. The Kier molecular flexibility index (Phi) is 5.63. The molecule has 1 aliphatic carbocycles. The maximum Gasteiger partial charge on any atom is 0.269 e. The summed E-state index contributed by atoms with van der Waals surface area (Å²) in [5, 5.41) is 15.0. The number of fused-ring (bicyclic) bond motifs is 3. The van der Waals surface area contributed by atoms with Crippen LogP contribution in [0.15, 0.2) is 77.9 Å². The van der Waals surface area contributed by atoms with Crippen LogP contribution in [0, 0.1) is 10.1 Å². The van der Waals surface area contributed by atoms with Crippen molar-refractivity contribution in [3.05, 3.63) is 99.6 Å². The Morgan fingerprint density at radius 1 is 1.00 bits per heavy atom. The highest BCUT2D eigenvalue weighted by molar-refractivity contribution is 8.00. The third-order valence-corrected chi connectivity index (χ3v) is 6.27. The molecule has 0 heterocycles. The number of carbonyl (C=O) groups is 1. The summed E-state index contributed by atoms with van der Waals surface area (Å²) in [6.45, 7) is 1.75. The van der Waals surface area contributed by atoms with Crippen LogP contribution in [0.1, 0.15) is 28.9 Å². The van der Waals surface area contributed by atoms with E-state index in [4.69, 9.17) is 0 Å².